The zero-order valence-corrected chi connectivity index (χ0v) is 11.2. The van der Waals surface area contributed by atoms with Gasteiger partial charge in [0.15, 0.2) is 0 Å². The average molecular weight is 231 g/mol. The minimum Gasteiger partial charge on any atom is -0.382 e. The standard InChI is InChI=1S/C16H25N/c1-3-14-8-11-16(12-9-14)17-15-6-4-5-13(2)7-10-15/h8-9,11-13,15,17H,3-7,10H2,1-2H3. The van der Waals surface area contributed by atoms with Gasteiger partial charge >= 0.3 is 0 Å². The van der Waals surface area contributed by atoms with Crippen LogP contribution in [0.1, 0.15) is 51.5 Å². The van der Waals surface area contributed by atoms with Crippen molar-refractivity contribution in [2.45, 2.75) is 58.4 Å². The summed E-state index contributed by atoms with van der Waals surface area (Å²) in [7, 11) is 0. The summed E-state index contributed by atoms with van der Waals surface area (Å²) in [5.74, 6) is 0.921. The summed E-state index contributed by atoms with van der Waals surface area (Å²) < 4.78 is 0. The second-order valence-corrected chi connectivity index (χ2v) is 5.51. The van der Waals surface area contributed by atoms with Crippen LogP contribution in [-0.2, 0) is 6.42 Å². The van der Waals surface area contributed by atoms with Crippen LogP contribution in [0.2, 0.25) is 0 Å². The molecule has 1 aliphatic rings. The normalized spacial score (nSPS) is 25.3. The highest BCUT2D eigenvalue weighted by Crippen LogP contribution is 2.25. The first kappa shape index (κ1) is 12.5. The molecule has 1 aliphatic carbocycles. The molecule has 1 nitrogen and oxygen atoms in total. The number of anilines is 1. The Morgan fingerprint density at radius 1 is 1.06 bits per heavy atom. The van der Waals surface area contributed by atoms with Gasteiger partial charge in [0, 0.05) is 11.7 Å². The second kappa shape index (κ2) is 6.09. The van der Waals surface area contributed by atoms with Crippen molar-refractivity contribution in [2.75, 3.05) is 5.32 Å². The lowest BCUT2D eigenvalue weighted by Gasteiger charge is -2.18. The van der Waals surface area contributed by atoms with Gasteiger partial charge in [0.05, 0.1) is 0 Å². The van der Waals surface area contributed by atoms with E-state index in [1.165, 1.54) is 43.4 Å². The van der Waals surface area contributed by atoms with Crippen LogP contribution < -0.4 is 5.32 Å². The van der Waals surface area contributed by atoms with Gasteiger partial charge in [-0.1, -0.05) is 38.8 Å². The van der Waals surface area contributed by atoms with Crippen molar-refractivity contribution in [3.05, 3.63) is 29.8 Å². The van der Waals surface area contributed by atoms with Gasteiger partial charge < -0.3 is 5.32 Å². The first-order valence-corrected chi connectivity index (χ1v) is 7.13. The van der Waals surface area contributed by atoms with Crippen LogP contribution in [0.5, 0.6) is 0 Å². The lowest BCUT2D eigenvalue weighted by atomic mass is 10.0. The van der Waals surface area contributed by atoms with E-state index in [2.05, 4.69) is 43.4 Å². The maximum atomic E-state index is 3.69. The Kier molecular flexibility index (Phi) is 4.47. The Balaban J connectivity index is 1.90. The molecule has 1 heteroatoms. The third kappa shape index (κ3) is 3.76. The van der Waals surface area contributed by atoms with Gasteiger partial charge in [-0.2, -0.15) is 0 Å². The molecule has 1 aromatic carbocycles. The third-order valence-electron chi connectivity index (χ3n) is 3.99. The van der Waals surface area contributed by atoms with Gasteiger partial charge in [-0.3, -0.25) is 0 Å². The molecular weight excluding hydrogens is 206 g/mol. The fourth-order valence-electron chi connectivity index (χ4n) is 2.70. The minimum absolute atomic E-state index is 0.687. The summed E-state index contributed by atoms with van der Waals surface area (Å²) in [4.78, 5) is 0. The molecule has 2 atom stereocenters. The molecule has 1 N–H and O–H groups in total. The fourth-order valence-corrected chi connectivity index (χ4v) is 2.70. The summed E-state index contributed by atoms with van der Waals surface area (Å²) in [6.45, 7) is 4.59. The van der Waals surface area contributed by atoms with Crippen LogP contribution in [0.3, 0.4) is 0 Å². The van der Waals surface area contributed by atoms with E-state index in [1.54, 1.807) is 0 Å². The zero-order chi connectivity index (χ0) is 12.1. The number of aryl methyl sites for hydroxylation is 1. The highest BCUT2D eigenvalue weighted by Gasteiger charge is 2.15. The Hall–Kier alpha value is -0.980. The van der Waals surface area contributed by atoms with E-state index in [0.29, 0.717) is 6.04 Å². The first-order chi connectivity index (χ1) is 8.28. The maximum absolute atomic E-state index is 3.69. The molecule has 0 aliphatic heterocycles. The second-order valence-electron chi connectivity index (χ2n) is 5.51. The molecule has 2 rings (SSSR count). The zero-order valence-electron chi connectivity index (χ0n) is 11.2. The third-order valence-corrected chi connectivity index (χ3v) is 3.99. The van der Waals surface area contributed by atoms with Gasteiger partial charge in [0.25, 0.3) is 0 Å². The van der Waals surface area contributed by atoms with Crippen molar-refractivity contribution in [3.8, 4) is 0 Å². The highest BCUT2D eigenvalue weighted by atomic mass is 14.9. The van der Waals surface area contributed by atoms with Crippen molar-refractivity contribution in [2.24, 2.45) is 5.92 Å². The molecule has 94 valence electrons. The Labute approximate surface area is 106 Å². The van der Waals surface area contributed by atoms with Gasteiger partial charge in [0.2, 0.25) is 0 Å². The van der Waals surface area contributed by atoms with Crippen LogP contribution in [0.4, 0.5) is 5.69 Å². The van der Waals surface area contributed by atoms with Crippen LogP contribution in [0, 0.1) is 5.92 Å². The molecule has 0 heterocycles. The molecule has 0 amide bonds. The molecule has 1 aromatic rings. The van der Waals surface area contributed by atoms with Gasteiger partial charge in [0.1, 0.15) is 0 Å². The first-order valence-electron chi connectivity index (χ1n) is 7.13. The molecule has 0 saturated heterocycles. The molecular formula is C16H25N. The molecule has 17 heavy (non-hydrogen) atoms. The number of benzene rings is 1. The Morgan fingerprint density at radius 3 is 2.53 bits per heavy atom. The quantitative estimate of drug-likeness (QED) is 0.748. The average Bonchev–Trinajstić information content (AvgIpc) is 2.56. The predicted octanol–water partition coefficient (Wildman–Crippen LogP) is 4.63. The van der Waals surface area contributed by atoms with Crippen LogP contribution in [-0.4, -0.2) is 6.04 Å². The fraction of sp³-hybridized carbons (Fsp3) is 0.625. The molecule has 0 spiro atoms. The van der Waals surface area contributed by atoms with E-state index in [1.807, 2.05) is 0 Å². The molecule has 0 radical (unpaired) electrons. The molecule has 2 unspecified atom stereocenters. The highest BCUT2D eigenvalue weighted by molar-refractivity contribution is 5.45. The Bertz CT molecular complexity index is 328. The van der Waals surface area contributed by atoms with Crippen LogP contribution in [0.15, 0.2) is 24.3 Å². The smallest absolute Gasteiger partial charge is 0.0342 e. The number of hydrogen-bond donors (Lipinski definition) is 1. The monoisotopic (exact) mass is 231 g/mol. The lowest BCUT2D eigenvalue weighted by Crippen LogP contribution is -2.18. The van der Waals surface area contributed by atoms with E-state index in [0.717, 1.165) is 12.3 Å². The summed E-state index contributed by atoms with van der Waals surface area (Å²) in [5, 5.41) is 3.69. The van der Waals surface area contributed by atoms with Gasteiger partial charge in [-0.05, 0) is 49.3 Å². The van der Waals surface area contributed by atoms with Crippen LogP contribution in [0.25, 0.3) is 0 Å². The topological polar surface area (TPSA) is 12.0 Å². The molecule has 0 bridgehead atoms. The minimum atomic E-state index is 0.687. The number of nitrogens with one attached hydrogen (secondary N) is 1. The summed E-state index contributed by atoms with van der Waals surface area (Å²) >= 11 is 0. The van der Waals surface area contributed by atoms with E-state index < -0.39 is 0 Å². The number of rotatable bonds is 3. The lowest BCUT2D eigenvalue weighted by molar-refractivity contribution is 0.502. The van der Waals surface area contributed by atoms with E-state index >= 15 is 0 Å². The van der Waals surface area contributed by atoms with E-state index in [4.69, 9.17) is 0 Å². The number of hydrogen-bond acceptors (Lipinski definition) is 1. The summed E-state index contributed by atoms with van der Waals surface area (Å²) in [6, 6.07) is 9.62. The van der Waals surface area contributed by atoms with E-state index in [-0.39, 0.29) is 0 Å². The van der Waals surface area contributed by atoms with Crippen molar-refractivity contribution < 1.29 is 0 Å². The maximum Gasteiger partial charge on any atom is 0.0342 e. The molecule has 1 saturated carbocycles. The van der Waals surface area contributed by atoms with Crippen molar-refractivity contribution in [1.82, 2.24) is 0 Å². The molecule has 0 aromatic heterocycles. The Morgan fingerprint density at radius 2 is 1.82 bits per heavy atom. The van der Waals surface area contributed by atoms with E-state index in [9.17, 15) is 0 Å². The van der Waals surface area contributed by atoms with Crippen molar-refractivity contribution >= 4 is 5.69 Å². The van der Waals surface area contributed by atoms with Gasteiger partial charge in [-0.25, -0.2) is 0 Å². The molecule has 1 fully saturated rings. The van der Waals surface area contributed by atoms with Crippen molar-refractivity contribution in [1.29, 1.82) is 0 Å². The summed E-state index contributed by atoms with van der Waals surface area (Å²) in [5.41, 5.74) is 2.71. The largest absolute Gasteiger partial charge is 0.382 e. The predicted molar refractivity (Wildman–Crippen MR) is 75.5 cm³/mol. The van der Waals surface area contributed by atoms with Crippen molar-refractivity contribution in [3.63, 3.8) is 0 Å². The van der Waals surface area contributed by atoms with Crippen LogP contribution >= 0.6 is 0 Å². The summed E-state index contributed by atoms with van der Waals surface area (Å²) in [6.07, 6.45) is 7.96. The SMILES string of the molecule is CCc1ccc(NC2CCCC(C)CC2)cc1. The van der Waals surface area contributed by atoms with Gasteiger partial charge in [-0.15, -0.1) is 0 Å².